The SMILES string of the molecule is COc1cncc(C2=CN(c3cc(C(=O)Nc4cc(CN5CCC5)c(C)c(C(F)(F)F)c4)ccc3C)NN2)c1. The van der Waals surface area contributed by atoms with E-state index in [-0.39, 0.29) is 11.3 Å². The van der Waals surface area contributed by atoms with E-state index < -0.39 is 17.6 Å². The Morgan fingerprint density at radius 3 is 2.62 bits per heavy atom. The number of hydrogen-bond donors (Lipinski definition) is 3. The van der Waals surface area contributed by atoms with Gasteiger partial charge in [0.25, 0.3) is 5.91 Å². The fourth-order valence-corrected chi connectivity index (χ4v) is 4.57. The van der Waals surface area contributed by atoms with Crippen LogP contribution in [0.3, 0.4) is 0 Å². The van der Waals surface area contributed by atoms with Gasteiger partial charge in [0.2, 0.25) is 0 Å². The van der Waals surface area contributed by atoms with Crippen LogP contribution in [-0.2, 0) is 12.7 Å². The van der Waals surface area contributed by atoms with Crippen molar-refractivity contribution < 1.29 is 22.7 Å². The molecular formula is C28H29F3N6O2. The summed E-state index contributed by atoms with van der Waals surface area (Å²) in [5.74, 6) is 0.109. The Kier molecular flexibility index (Phi) is 7.19. The Morgan fingerprint density at radius 1 is 1.13 bits per heavy atom. The standard InChI is InChI=1S/C28H29F3N6O2/c1-17-5-6-19(11-26(17)37-16-25(34-35-37)20-10-23(39-3)14-32-13-20)27(38)33-22-9-21(15-36-7-4-8-36)18(2)24(12-22)28(29,30)31/h5-6,9-14,16,34-35H,4,7-8,15H2,1-3H3,(H,33,38). The number of carbonyl (C=O) groups is 1. The van der Waals surface area contributed by atoms with Gasteiger partial charge in [0.1, 0.15) is 5.75 Å². The minimum Gasteiger partial charge on any atom is -0.495 e. The molecule has 0 atom stereocenters. The molecule has 2 aliphatic heterocycles. The number of ether oxygens (including phenoxy) is 1. The second-order valence-corrected chi connectivity index (χ2v) is 9.65. The maximum Gasteiger partial charge on any atom is 0.416 e. The molecule has 204 valence electrons. The number of aryl methyl sites for hydroxylation is 1. The summed E-state index contributed by atoms with van der Waals surface area (Å²) in [6.45, 7) is 5.50. The summed E-state index contributed by atoms with van der Waals surface area (Å²) in [6, 6.07) is 9.60. The molecule has 8 nitrogen and oxygen atoms in total. The summed E-state index contributed by atoms with van der Waals surface area (Å²) in [7, 11) is 1.56. The Bertz CT molecular complexity index is 1440. The number of hydrazine groups is 2. The second kappa shape index (κ2) is 10.6. The molecule has 0 unspecified atom stereocenters. The molecule has 0 aliphatic carbocycles. The number of hydrogen-bond acceptors (Lipinski definition) is 7. The summed E-state index contributed by atoms with van der Waals surface area (Å²) in [4.78, 5) is 19.5. The predicted octanol–water partition coefficient (Wildman–Crippen LogP) is 5.01. The van der Waals surface area contributed by atoms with Gasteiger partial charge in [-0.3, -0.25) is 19.7 Å². The average Bonchev–Trinajstić information content (AvgIpc) is 3.37. The highest BCUT2D eigenvalue weighted by Gasteiger charge is 2.34. The fourth-order valence-electron chi connectivity index (χ4n) is 4.57. The Hall–Kier alpha value is -4.09. The Labute approximate surface area is 224 Å². The van der Waals surface area contributed by atoms with E-state index in [0.29, 0.717) is 29.1 Å². The largest absolute Gasteiger partial charge is 0.495 e. The summed E-state index contributed by atoms with van der Waals surface area (Å²) >= 11 is 0. The van der Waals surface area contributed by atoms with Crippen LogP contribution in [-0.4, -0.2) is 36.0 Å². The molecule has 0 saturated carbocycles. The molecule has 3 aromatic rings. The van der Waals surface area contributed by atoms with Crippen LogP contribution in [0.4, 0.5) is 24.5 Å². The van der Waals surface area contributed by atoms with E-state index in [1.54, 1.807) is 48.8 Å². The molecule has 1 amide bonds. The number of aromatic nitrogens is 1. The van der Waals surface area contributed by atoms with E-state index in [9.17, 15) is 18.0 Å². The molecule has 5 rings (SSSR count). The normalized spacial score (nSPS) is 15.4. The van der Waals surface area contributed by atoms with E-state index in [4.69, 9.17) is 4.74 Å². The molecule has 0 spiro atoms. The summed E-state index contributed by atoms with van der Waals surface area (Å²) < 4.78 is 46.7. The van der Waals surface area contributed by atoms with Crippen molar-refractivity contribution in [1.82, 2.24) is 20.8 Å². The molecule has 1 fully saturated rings. The van der Waals surface area contributed by atoms with E-state index in [1.807, 2.05) is 19.2 Å². The topological polar surface area (TPSA) is 81.8 Å². The quantitative estimate of drug-likeness (QED) is 0.390. The first kappa shape index (κ1) is 26.5. The lowest BCUT2D eigenvalue weighted by molar-refractivity contribution is -0.138. The third kappa shape index (κ3) is 5.69. The Balaban J connectivity index is 1.39. The van der Waals surface area contributed by atoms with Gasteiger partial charge in [-0.05, 0) is 80.4 Å². The van der Waals surface area contributed by atoms with Gasteiger partial charge in [-0.1, -0.05) is 6.07 Å². The van der Waals surface area contributed by atoms with Crippen molar-refractivity contribution in [3.63, 3.8) is 0 Å². The maximum absolute atomic E-state index is 13.8. The van der Waals surface area contributed by atoms with Crippen molar-refractivity contribution in [3.8, 4) is 5.75 Å². The van der Waals surface area contributed by atoms with Gasteiger partial charge in [-0.15, -0.1) is 5.53 Å². The van der Waals surface area contributed by atoms with Gasteiger partial charge in [-0.25, -0.2) is 0 Å². The molecule has 2 aromatic carbocycles. The number of nitrogens with zero attached hydrogens (tertiary/aromatic N) is 3. The molecule has 1 saturated heterocycles. The number of amides is 1. The highest BCUT2D eigenvalue weighted by molar-refractivity contribution is 6.05. The van der Waals surface area contributed by atoms with E-state index >= 15 is 0 Å². The van der Waals surface area contributed by atoms with Crippen molar-refractivity contribution >= 4 is 23.0 Å². The minimum absolute atomic E-state index is 0.115. The molecule has 0 radical (unpaired) electrons. The highest BCUT2D eigenvalue weighted by atomic mass is 19.4. The molecule has 11 heteroatoms. The number of anilines is 2. The third-order valence-corrected chi connectivity index (χ3v) is 6.98. The van der Waals surface area contributed by atoms with Crippen molar-refractivity contribution in [2.24, 2.45) is 0 Å². The second-order valence-electron chi connectivity index (χ2n) is 9.65. The van der Waals surface area contributed by atoms with Crippen LogP contribution in [0.2, 0.25) is 0 Å². The molecule has 1 aromatic heterocycles. The lowest BCUT2D eigenvalue weighted by Gasteiger charge is -2.31. The number of rotatable bonds is 7. The number of halogens is 3. The van der Waals surface area contributed by atoms with Gasteiger partial charge < -0.3 is 15.5 Å². The van der Waals surface area contributed by atoms with Crippen molar-refractivity contribution in [2.45, 2.75) is 33.0 Å². The summed E-state index contributed by atoms with van der Waals surface area (Å²) in [5.41, 5.74) is 9.66. The molecule has 3 N–H and O–H groups in total. The number of benzene rings is 2. The molecule has 39 heavy (non-hydrogen) atoms. The number of nitrogens with one attached hydrogen (secondary N) is 3. The molecule has 2 aliphatic rings. The van der Waals surface area contributed by atoms with Crippen molar-refractivity contribution in [3.05, 3.63) is 88.4 Å². The van der Waals surface area contributed by atoms with Crippen LogP contribution in [0.1, 0.15) is 44.6 Å². The molecular weight excluding hydrogens is 509 g/mol. The first-order chi connectivity index (χ1) is 18.6. The first-order valence-electron chi connectivity index (χ1n) is 12.5. The zero-order valence-electron chi connectivity index (χ0n) is 21.8. The number of pyridine rings is 1. The number of methoxy groups -OCH3 is 1. The predicted molar refractivity (Wildman–Crippen MR) is 143 cm³/mol. The van der Waals surface area contributed by atoms with E-state index in [0.717, 1.165) is 42.4 Å². The van der Waals surface area contributed by atoms with Crippen LogP contribution in [0.15, 0.2) is 55.0 Å². The lowest BCUT2D eigenvalue weighted by Crippen LogP contribution is -2.36. The third-order valence-electron chi connectivity index (χ3n) is 6.98. The molecule has 3 heterocycles. The number of alkyl halides is 3. The van der Waals surface area contributed by atoms with Gasteiger partial charge in [0.15, 0.2) is 0 Å². The van der Waals surface area contributed by atoms with Crippen LogP contribution in [0.25, 0.3) is 5.70 Å². The van der Waals surface area contributed by atoms with Gasteiger partial charge in [-0.2, -0.15) is 13.2 Å². The zero-order chi connectivity index (χ0) is 27.7. The van der Waals surface area contributed by atoms with Gasteiger partial charge >= 0.3 is 6.18 Å². The summed E-state index contributed by atoms with van der Waals surface area (Å²) in [5, 5.41) is 4.40. The van der Waals surface area contributed by atoms with Crippen LogP contribution < -0.4 is 26.0 Å². The highest BCUT2D eigenvalue weighted by Crippen LogP contribution is 2.36. The zero-order valence-corrected chi connectivity index (χ0v) is 21.8. The van der Waals surface area contributed by atoms with Crippen molar-refractivity contribution in [1.29, 1.82) is 0 Å². The fraction of sp³-hybridized carbons (Fsp3) is 0.286. The van der Waals surface area contributed by atoms with Crippen molar-refractivity contribution in [2.75, 3.05) is 30.5 Å². The minimum atomic E-state index is -4.53. The van der Waals surface area contributed by atoms with Gasteiger partial charge in [0.05, 0.1) is 30.3 Å². The lowest BCUT2D eigenvalue weighted by atomic mass is 9.99. The van der Waals surface area contributed by atoms with Crippen LogP contribution in [0, 0.1) is 13.8 Å². The van der Waals surface area contributed by atoms with Crippen LogP contribution in [0.5, 0.6) is 5.75 Å². The van der Waals surface area contributed by atoms with Gasteiger partial charge in [0, 0.05) is 35.8 Å². The van der Waals surface area contributed by atoms with E-state index in [1.165, 1.54) is 6.92 Å². The number of likely N-dealkylation sites (tertiary alicyclic amines) is 1. The maximum atomic E-state index is 13.8. The Morgan fingerprint density at radius 2 is 1.92 bits per heavy atom. The average molecular weight is 539 g/mol. The monoisotopic (exact) mass is 538 g/mol. The molecule has 0 bridgehead atoms. The van der Waals surface area contributed by atoms with E-state index in [2.05, 4.69) is 26.2 Å². The smallest absolute Gasteiger partial charge is 0.416 e. The number of carbonyl (C=O) groups excluding carboxylic acids is 1. The van der Waals surface area contributed by atoms with Crippen LogP contribution >= 0.6 is 0 Å². The summed E-state index contributed by atoms with van der Waals surface area (Å²) in [6.07, 6.45) is 1.62. The first-order valence-corrected chi connectivity index (χ1v) is 12.5.